The van der Waals surface area contributed by atoms with E-state index in [1.165, 1.54) is 0 Å². The molecule has 3 heteroatoms. The predicted octanol–water partition coefficient (Wildman–Crippen LogP) is 2.32. The minimum absolute atomic E-state index is 0.663. The SMILES string of the molecule is CC.CNc1ccccc1NC=O. The Morgan fingerprint density at radius 3 is 2.15 bits per heavy atom. The van der Waals surface area contributed by atoms with Crippen molar-refractivity contribution in [1.29, 1.82) is 0 Å². The van der Waals surface area contributed by atoms with Crippen molar-refractivity contribution in [2.24, 2.45) is 0 Å². The van der Waals surface area contributed by atoms with Gasteiger partial charge in [-0.1, -0.05) is 26.0 Å². The average molecular weight is 180 g/mol. The molecule has 0 spiro atoms. The Morgan fingerprint density at radius 2 is 1.69 bits per heavy atom. The molecule has 13 heavy (non-hydrogen) atoms. The maximum Gasteiger partial charge on any atom is 0.211 e. The van der Waals surface area contributed by atoms with Gasteiger partial charge in [0.05, 0.1) is 11.4 Å². The Bertz CT molecular complexity index is 248. The van der Waals surface area contributed by atoms with Crippen LogP contribution >= 0.6 is 0 Å². The van der Waals surface area contributed by atoms with E-state index in [2.05, 4.69) is 10.6 Å². The molecule has 0 saturated carbocycles. The first-order chi connectivity index (χ1) is 6.38. The lowest BCUT2D eigenvalue weighted by Crippen LogP contribution is -1.98. The molecular weight excluding hydrogens is 164 g/mol. The highest BCUT2D eigenvalue weighted by Gasteiger charge is 1.94. The lowest BCUT2D eigenvalue weighted by molar-refractivity contribution is -0.105. The van der Waals surface area contributed by atoms with Gasteiger partial charge in [0, 0.05) is 7.05 Å². The molecule has 1 rings (SSSR count). The Hall–Kier alpha value is -1.51. The Morgan fingerprint density at radius 1 is 1.15 bits per heavy atom. The van der Waals surface area contributed by atoms with E-state index in [1.54, 1.807) is 0 Å². The molecule has 0 aliphatic heterocycles. The number of nitrogens with one attached hydrogen (secondary N) is 2. The zero-order chi connectivity index (χ0) is 10.1. The van der Waals surface area contributed by atoms with Crippen LogP contribution in [0.2, 0.25) is 0 Å². The van der Waals surface area contributed by atoms with Crippen molar-refractivity contribution in [2.45, 2.75) is 13.8 Å². The van der Waals surface area contributed by atoms with Crippen LogP contribution in [0, 0.1) is 0 Å². The van der Waals surface area contributed by atoms with Crippen LogP contribution in [0.1, 0.15) is 13.8 Å². The van der Waals surface area contributed by atoms with Crippen LogP contribution in [-0.2, 0) is 4.79 Å². The molecule has 0 bridgehead atoms. The van der Waals surface area contributed by atoms with Crippen molar-refractivity contribution in [2.75, 3.05) is 17.7 Å². The molecule has 0 aliphatic rings. The number of amides is 1. The van der Waals surface area contributed by atoms with Gasteiger partial charge < -0.3 is 10.6 Å². The fourth-order valence-corrected chi connectivity index (χ4v) is 0.890. The molecular formula is C10H16N2O. The van der Waals surface area contributed by atoms with Crippen molar-refractivity contribution in [1.82, 2.24) is 0 Å². The van der Waals surface area contributed by atoms with Crippen LogP contribution in [0.5, 0.6) is 0 Å². The molecule has 0 unspecified atom stereocenters. The maximum absolute atomic E-state index is 10.1. The third kappa shape index (κ3) is 3.60. The summed E-state index contributed by atoms with van der Waals surface area (Å²) in [6.07, 6.45) is 0.663. The second-order valence-corrected chi connectivity index (χ2v) is 2.06. The van der Waals surface area contributed by atoms with E-state index >= 15 is 0 Å². The number of rotatable bonds is 3. The van der Waals surface area contributed by atoms with Gasteiger partial charge >= 0.3 is 0 Å². The first kappa shape index (κ1) is 11.5. The Balaban J connectivity index is 0.000000671. The molecule has 72 valence electrons. The number of anilines is 2. The molecule has 0 radical (unpaired) electrons. The summed E-state index contributed by atoms with van der Waals surface area (Å²) in [5.74, 6) is 0. The summed E-state index contributed by atoms with van der Waals surface area (Å²) in [6, 6.07) is 7.50. The number of carbonyl (C=O) groups excluding carboxylic acids is 1. The molecule has 1 aromatic rings. The second-order valence-electron chi connectivity index (χ2n) is 2.06. The van der Waals surface area contributed by atoms with E-state index in [-0.39, 0.29) is 0 Å². The third-order valence-corrected chi connectivity index (χ3v) is 1.41. The van der Waals surface area contributed by atoms with Crippen molar-refractivity contribution in [3.63, 3.8) is 0 Å². The van der Waals surface area contributed by atoms with Crippen molar-refractivity contribution in [3.05, 3.63) is 24.3 Å². The largest absolute Gasteiger partial charge is 0.386 e. The molecule has 0 heterocycles. The smallest absolute Gasteiger partial charge is 0.211 e. The molecule has 3 nitrogen and oxygen atoms in total. The fraction of sp³-hybridized carbons (Fsp3) is 0.300. The van der Waals surface area contributed by atoms with E-state index in [4.69, 9.17) is 0 Å². The van der Waals surface area contributed by atoms with Gasteiger partial charge in [0.1, 0.15) is 0 Å². The molecule has 2 N–H and O–H groups in total. The Kier molecular flexibility index (Phi) is 6.32. The summed E-state index contributed by atoms with van der Waals surface area (Å²) < 4.78 is 0. The maximum atomic E-state index is 10.1. The summed E-state index contributed by atoms with van der Waals surface area (Å²) in [5, 5.41) is 5.54. The van der Waals surface area contributed by atoms with Crippen LogP contribution < -0.4 is 10.6 Å². The number of hydrogen-bond donors (Lipinski definition) is 2. The van der Waals surface area contributed by atoms with Gasteiger partial charge in [-0.3, -0.25) is 4.79 Å². The molecule has 1 amide bonds. The highest BCUT2D eigenvalue weighted by Crippen LogP contribution is 2.18. The minimum Gasteiger partial charge on any atom is -0.386 e. The number of carbonyl (C=O) groups is 1. The van der Waals surface area contributed by atoms with Gasteiger partial charge in [0.15, 0.2) is 0 Å². The summed E-state index contributed by atoms with van der Waals surface area (Å²) in [5.41, 5.74) is 1.71. The lowest BCUT2D eigenvalue weighted by atomic mass is 10.3. The van der Waals surface area contributed by atoms with Crippen LogP contribution in [0.3, 0.4) is 0 Å². The number of hydrogen-bond acceptors (Lipinski definition) is 2. The first-order valence-corrected chi connectivity index (χ1v) is 4.35. The Labute approximate surface area is 79.2 Å². The molecule has 0 aliphatic carbocycles. The van der Waals surface area contributed by atoms with Gasteiger partial charge in [-0.2, -0.15) is 0 Å². The monoisotopic (exact) mass is 180 g/mol. The summed E-state index contributed by atoms with van der Waals surface area (Å²) >= 11 is 0. The van der Waals surface area contributed by atoms with Crippen molar-refractivity contribution < 1.29 is 4.79 Å². The van der Waals surface area contributed by atoms with Gasteiger partial charge in [-0.25, -0.2) is 0 Å². The van der Waals surface area contributed by atoms with E-state index in [0.29, 0.717) is 6.41 Å². The number of benzene rings is 1. The molecule has 0 atom stereocenters. The van der Waals surface area contributed by atoms with Gasteiger partial charge in [0.2, 0.25) is 6.41 Å². The van der Waals surface area contributed by atoms with Crippen molar-refractivity contribution >= 4 is 17.8 Å². The number of para-hydroxylation sites is 2. The zero-order valence-corrected chi connectivity index (χ0v) is 8.29. The van der Waals surface area contributed by atoms with Crippen molar-refractivity contribution in [3.8, 4) is 0 Å². The first-order valence-electron chi connectivity index (χ1n) is 4.35. The van der Waals surface area contributed by atoms with Gasteiger partial charge in [0.25, 0.3) is 0 Å². The summed E-state index contributed by atoms with van der Waals surface area (Å²) in [7, 11) is 1.81. The standard InChI is InChI=1S/C8H10N2O.C2H6/c1-9-7-4-2-3-5-8(7)10-6-11;1-2/h2-6,9H,1H3,(H,10,11);1-2H3. The third-order valence-electron chi connectivity index (χ3n) is 1.41. The van der Waals surface area contributed by atoms with E-state index in [0.717, 1.165) is 11.4 Å². The molecule has 1 aromatic carbocycles. The fourth-order valence-electron chi connectivity index (χ4n) is 0.890. The van der Waals surface area contributed by atoms with Crippen LogP contribution in [0.15, 0.2) is 24.3 Å². The van der Waals surface area contributed by atoms with Crippen LogP contribution in [0.4, 0.5) is 11.4 Å². The topological polar surface area (TPSA) is 41.1 Å². The van der Waals surface area contributed by atoms with E-state index in [1.807, 2.05) is 45.2 Å². The highest BCUT2D eigenvalue weighted by atomic mass is 16.1. The predicted molar refractivity (Wildman–Crippen MR) is 57.0 cm³/mol. The normalized spacial score (nSPS) is 7.92. The molecule has 0 fully saturated rings. The van der Waals surface area contributed by atoms with E-state index in [9.17, 15) is 4.79 Å². The van der Waals surface area contributed by atoms with E-state index < -0.39 is 0 Å². The quantitative estimate of drug-likeness (QED) is 0.701. The second kappa shape index (κ2) is 7.16. The van der Waals surface area contributed by atoms with Gasteiger partial charge in [-0.05, 0) is 12.1 Å². The van der Waals surface area contributed by atoms with Crippen LogP contribution in [-0.4, -0.2) is 13.5 Å². The summed E-state index contributed by atoms with van der Waals surface area (Å²) in [4.78, 5) is 10.1. The average Bonchev–Trinajstić information content (AvgIpc) is 2.22. The zero-order valence-electron chi connectivity index (χ0n) is 8.29. The molecule has 0 aromatic heterocycles. The van der Waals surface area contributed by atoms with Gasteiger partial charge in [-0.15, -0.1) is 0 Å². The summed E-state index contributed by atoms with van der Waals surface area (Å²) in [6.45, 7) is 4.00. The highest BCUT2D eigenvalue weighted by molar-refractivity contribution is 5.80. The minimum atomic E-state index is 0.663. The van der Waals surface area contributed by atoms with Crippen LogP contribution in [0.25, 0.3) is 0 Å². The molecule has 0 saturated heterocycles. The lowest BCUT2D eigenvalue weighted by Gasteiger charge is -2.05.